The third kappa shape index (κ3) is 16.9. The fraction of sp³-hybridized carbons (Fsp3) is 0.557. The Morgan fingerprint density at radius 3 is 1.53 bits per heavy atom. The molecule has 6 aliphatic rings. The summed E-state index contributed by atoms with van der Waals surface area (Å²) in [6.07, 6.45) is -0.654. The molecule has 30 nitrogen and oxygen atoms in total. The summed E-state index contributed by atoms with van der Waals surface area (Å²) in [6.45, 7) is 22.4. The second-order valence-corrected chi connectivity index (χ2v) is 31.1. The summed E-state index contributed by atoms with van der Waals surface area (Å²) >= 11 is 0. The number of aryl methyl sites for hydroxylation is 1. The molecule has 0 bridgehead atoms. The van der Waals surface area contributed by atoms with Crippen LogP contribution in [0.5, 0.6) is 5.75 Å². The molecule has 8 amide bonds. The number of rotatable bonds is 10. The maximum Gasteiger partial charge on any atom is 0.336 e. The van der Waals surface area contributed by atoms with Crippen LogP contribution in [0.25, 0.3) is 44.5 Å². The molecule has 30 heteroatoms. The topological polar surface area (TPSA) is 406 Å². The summed E-state index contributed by atoms with van der Waals surface area (Å²) in [5.74, 6) is -13.1. The lowest BCUT2D eigenvalue weighted by Crippen LogP contribution is -2.59. The van der Waals surface area contributed by atoms with E-state index in [2.05, 4.69) is 21.3 Å². The number of furan rings is 1. The number of likely N-dealkylation sites (N-methyl/N-ethyl adjacent to an activating group) is 4. The molecule has 4 fully saturated rings. The third-order valence-corrected chi connectivity index (χ3v) is 21.5. The third-order valence-electron chi connectivity index (χ3n) is 21.5. The Kier molecular flexibility index (Phi) is 25.4. The molecule has 12 unspecified atom stereocenters. The van der Waals surface area contributed by atoms with Gasteiger partial charge in [0, 0.05) is 80.9 Å². The number of carbonyl (C=O) groups is 12. The number of ketones is 2. The van der Waals surface area contributed by atoms with Gasteiger partial charge in [0.15, 0.2) is 28.7 Å². The number of benzene rings is 3. The molecule has 10 rings (SSSR count). The summed E-state index contributed by atoms with van der Waals surface area (Å²) in [5.41, 5.74) is 4.49. The van der Waals surface area contributed by atoms with Gasteiger partial charge in [-0.25, -0.2) is 19.4 Å². The Morgan fingerprint density at radius 2 is 1.07 bits per heavy atom. The van der Waals surface area contributed by atoms with Crippen LogP contribution in [-0.2, 0) is 57.4 Å². The van der Waals surface area contributed by atoms with Gasteiger partial charge in [0.1, 0.15) is 64.5 Å². The number of carbonyl (C=O) groups excluding carboxylic acids is 12. The Bertz CT molecular complexity index is 4680. The van der Waals surface area contributed by atoms with Crippen LogP contribution in [0.3, 0.4) is 0 Å². The zero-order chi connectivity index (χ0) is 80.5. The minimum absolute atomic E-state index is 0.0668. The molecule has 5 heterocycles. The van der Waals surface area contributed by atoms with Crippen molar-refractivity contribution in [2.75, 3.05) is 54.1 Å². The van der Waals surface area contributed by atoms with Crippen molar-refractivity contribution in [1.82, 2.24) is 45.9 Å². The van der Waals surface area contributed by atoms with E-state index in [0.717, 1.165) is 32.1 Å². The molecule has 6 N–H and O–H groups in total. The molecule has 12 atom stereocenters. The minimum Gasteiger partial charge on any atom is -0.492 e. The highest BCUT2D eigenvalue weighted by molar-refractivity contribution is 6.11. The molecule has 3 aliphatic heterocycles. The lowest BCUT2D eigenvalue weighted by Gasteiger charge is -2.35. The molecule has 2 saturated heterocycles. The van der Waals surface area contributed by atoms with Crippen LogP contribution >= 0.6 is 0 Å². The lowest BCUT2D eigenvalue weighted by atomic mass is 9.83. The number of fused-ring (bicyclic) bond motifs is 6. The molecule has 0 radical (unpaired) electrons. The summed E-state index contributed by atoms with van der Waals surface area (Å²) in [5, 5.41) is 12.5. The van der Waals surface area contributed by atoms with Crippen molar-refractivity contribution in [2.24, 2.45) is 47.3 Å². The number of nitrogen functional groups attached to an aromatic ring is 1. The van der Waals surface area contributed by atoms with Gasteiger partial charge in [0.2, 0.25) is 40.9 Å². The fourth-order valence-corrected chi connectivity index (χ4v) is 15.4. The second kappa shape index (κ2) is 33.5. The van der Waals surface area contributed by atoms with Crippen LogP contribution in [-0.4, -0.2) is 192 Å². The van der Waals surface area contributed by atoms with Gasteiger partial charge in [-0.15, -0.1) is 0 Å². The highest BCUT2D eigenvalue weighted by Gasteiger charge is 2.48. The largest absolute Gasteiger partial charge is 0.492 e. The molecule has 3 aliphatic carbocycles. The zero-order valence-electron chi connectivity index (χ0n) is 65.4. The smallest absolute Gasteiger partial charge is 0.336 e. The summed E-state index contributed by atoms with van der Waals surface area (Å²) in [7, 11) is 7.29. The molecule has 2 aromatic carbocycles. The van der Waals surface area contributed by atoms with Crippen molar-refractivity contribution in [3.8, 4) is 17.2 Å². The number of nitrogens with zero attached hydrogens (tertiary/aromatic N) is 5. The van der Waals surface area contributed by atoms with Gasteiger partial charge in [-0.3, -0.25) is 52.7 Å². The van der Waals surface area contributed by atoms with E-state index in [0.29, 0.717) is 55.3 Å². The molecule has 2 aromatic heterocycles. The monoisotopic (exact) mass is 1510 g/mol. The number of nitrogens with one attached hydrogen (secondary N) is 4. The van der Waals surface area contributed by atoms with Gasteiger partial charge in [-0.1, -0.05) is 88.1 Å². The van der Waals surface area contributed by atoms with Crippen LogP contribution in [0, 0.1) is 61.2 Å². The number of aromatic nitrogens is 1. The van der Waals surface area contributed by atoms with Crippen molar-refractivity contribution in [3.63, 3.8) is 0 Å². The molecule has 2 saturated carbocycles. The van der Waals surface area contributed by atoms with Gasteiger partial charge >= 0.3 is 17.6 Å². The van der Waals surface area contributed by atoms with Crippen molar-refractivity contribution in [2.45, 2.75) is 190 Å². The average Bonchev–Trinajstić information content (AvgIpc) is 1.51. The van der Waals surface area contributed by atoms with Crippen molar-refractivity contribution in [3.05, 3.63) is 85.1 Å². The molecule has 109 heavy (non-hydrogen) atoms. The number of Topliss-reactive ketones (excluding diaryl/α,β-unsaturated/α-hetero) is 2. The minimum atomic E-state index is -1.86. The van der Waals surface area contributed by atoms with Crippen LogP contribution < -0.4 is 42.8 Å². The first-order chi connectivity index (χ1) is 51.2. The second-order valence-electron chi connectivity index (χ2n) is 31.1. The predicted molar refractivity (Wildman–Crippen MR) is 401 cm³/mol. The average molecular weight is 1510 g/mol. The number of hydrogen-bond donors (Lipinski definition) is 5. The Labute approximate surface area is 631 Å². The normalized spacial score (nSPS) is 25.0. The Morgan fingerprint density at radius 1 is 0.596 bits per heavy atom. The van der Waals surface area contributed by atoms with Crippen LogP contribution in [0.4, 0.5) is 5.69 Å². The number of amides is 8. The van der Waals surface area contributed by atoms with Crippen LogP contribution in [0.1, 0.15) is 165 Å². The summed E-state index contributed by atoms with van der Waals surface area (Å²) in [4.78, 5) is 208. The number of anilines is 1. The van der Waals surface area contributed by atoms with E-state index in [9.17, 15) is 57.5 Å². The van der Waals surface area contributed by atoms with Crippen molar-refractivity contribution >= 4 is 109 Å². The van der Waals surface area contributed by atoms with Gasteiger partial charge in [0.25, 0.3) is 11.8 Å². The summed E-state index contributed by atoms with van der Waals surface area (Å²) in [6, 6.07) is 1.09. The van der Waals surface area contributed by atoms with E-state index in [4.69, 9.17) is 38.2 Å². The standard InChI is InChI=1S/C64H88N10O16.C15H14O4/c1-27(2)44-53(78)35-19-17-21-37(35)61(84)71(13)25-40(75)73(15)50(29(5)6)63(86)88-33(11)46(59(82)67-44)69-57(80)39-24-23-31(9)55-48(39)66-49-42(43(65)52(77)32(10)56(49)90-55)58(81)70-47-34(12)89-64(87)51(30(7)8)74(16)41(76)26-72(14)62(85)38-22-18-20-36(38)54(79)45(28(3)4)68-60(47)83;1-8(2)14-15(17-3)10-6-9-4-5-13(16)18-11(9)7-12(10)19-14/h23-24,27-30,33-38,44-47,50-51H,17-22,25-26,65H2,1-16H3,(H,67,82)(H,68,83)(H,69,80)(H,70,81);4-8H,1-3H3. The molecular weight excluding hydrogens is 1410 g/mol. The number of ether oxygens (including phenoxy) is 3. The Hall–Kier alpha value is -10.5. The van der Waals surface area contributed by atoms with E-state index >= 15 is 9.59 Å². The van der Waals surface area contributed by atoms with E-state index in [1.54, 1.807) is 81.6 Å². The lowest BCUT2D eigenvalue weighted by molar-refractivity contribution is -0.163. The highest BCUT2D eigenvalue weighted by atomic mass is 16.6. The van der Waals surface area contributed by atoms with Gasteiger partial charge in [-0.2, -0.15) is 0 Å². The van der Waals surface area contributed by atoms with Crippen LogP contribution in [0.15, 0.2) is 59.2 Å². The van der Waals surface area contributed by atoms with Crippen molar-refractivity contribution in [1.29, 1.82) is 0 Å². The zero-order valence-corrected chi connectivity index (χ0v) is 65.4. The SMILES string of the molecule is COc1c(C(C)C)oc2cc3oc(=O)ccc3cc12.Cc1c2oc3c(C)ccc(C(=O)NC4C(=O)NC(C(C)C)C(=O)C5CCCC5C(=O)N(C)CC(=O)N(C)C(C(C)C)C(=O)OC4C)c3nc-2c(C(=O)NC2C(=O)NC(C(C)C)C(=O)C3CCCC3C(=O)N(C)CC(=O)N(C)C(C(C)C)C(=O)OC2C)c(N)c1=O. The first-order valence-electron chi connectivity index (χ1n) is 37.1. The highest BCUT2D eigenvalue weighted by Crippen LogP contribution is 2.41. The van der Waals surface area contributed by atoms with E-state index < -0.39 is 196 Å². The number of methoxy groups -OCH3 is 1. The number of nitrogens with two attached hydrogens (primary N) is 1. The molecular formula is C79H102N10O20. The maximum absolute atomic E-state index is 15.2. The molecule has 0 spiro atoms. The number of esters is 2. The van der Waals surface area contributed by atoms with Crippen LogP contribution in [0.2, 0.25) is 0 Å². The fourth-order valence-electron chi connectivity index (χ4n) is 15.4. The van der Waals surface area contributed by atoms with Gasteiger partial charge in [-0.05, 0) is 101 Å². The molecule has 588 valence electrons. The maximum atomic E-state index is 15.2. The molecule has 4 aromatic rings. The van der Waals surface area contributed by atoms with E-state index in [-0.39, 0.29) is 45.2 Å². The number of hydrogen-bond acceptors (Lipinski definition) is 22. The first-order valence-corrected chi connectivity index (χ1v) is 37.1. The van der Waals surface area contributed by atoms with E-state index in [1.807, 2.05) is 19.9 Å². The van der Waals surface area contributed by atoms with Gasteiger partial charge < -0.3 is 74.1 Å². The summed E-state index contributed by atoms with van der Waals surface area (Å²) < 4.78 is 34.7. The predicted octanol–water partition coefficient (Wildman–Crippen LogP) is 6.39. The van der Waals surface area contributed by atoms with Crippen molar-refractivity contribution < 1.29 is 85.0 Å². The Balaban J connectivity index is 0.000000618. The van der Waals surface area contributed by atoms with E-state index in [1.165, 1.54) is 77.0 Å². The number of cyclic esters (lactones) is 2. The quantitative estimate of drug-likeness (QED) is 0.0429. The van der Waals surface area contributed by atoms with Gasteiger partial charge in [0.05, 0.1) is 54.5 Å². The first kappa shape index (κ1) is 82.5.